The van der Waals surface area contributed by atoms with Crippen molar-refractivity contribution in [2.45, 2.75) is 6.54 Å². The Bertz CT molecular complexity index is 1130. The van der Waals surface area contributed by atoms with Gasteiger partial charge in [-0.2, -0.15) is 0 Å². The molecule has 3 heterocycles. The van der Waals surface area contributed by atoms with E-state index < -0.39 is 0 Å². The predicted octanol–water partition coefficient (Wildman–Crippen LogP) is 4.22. The highest BCUT2D eigenvalue weighted by atomic mass is 16.7. The topological polar surface area (TPSA) is 94.3 Å². The van der Waals surface area contributed by atoms with Crippen molar-refractivity contribution < 1.29 is 13.9 Å². The summed E-state index contributed by atoms with van der Waals surface area (Å²) in [4.78, 5) is 4.14. The molecule has 1 aliphatic rings. The summed E-state index contributed by atoms with van der Waals surface area (Å²) >= 11 is 0. The summed E-state index contributed by atoms with van der Waals surface area (Å²) < 4.78 is 16.5. The molecule has 29 heavy (non-hydrogen) atoms. The molecule has 5 rings (SSSR count). The van der Waals surface area contributed by atoms with Crippen LogP contribution in [0, 0.1) is 0 Å². The third-order valence-corrected chi connectivity index (χ3v) is 4.41. The van der Waals surface area contributed by atoms with Crippen LogP contribution in [0.1, 0.15) is 5.56 Å². The zero-order valence-electron chi connectivity index (χ0n) is 15.3. The van der Waals surface area contributed by atoms with Gasteiger partial charge in [-0.3, -0.25) is 4.98 Å². The highest BCUT2D eigenvalue weighted by Crippen LogP contribution is 2.35. The van der Waals surface area contributed by atoms with Crippen LogP contribution in [0.2, 0.25) is 0 Å². The molecular weight excluding hydrogens is 370 g/mol. The lowest BCUT2D eigenvalue weighted by Crippen LogP contribution is -2.01. The summed E-state index contributed by atoms with van der Waals surface area (Å²) in [6.45, 7) is 0.869. The molecule has 2 aromatic heterocycles. The fourth-order valence-electron chi connectivity index (χ4n) is 3.00. The van der Waals surface area contributed by atoms with Crippen LogP contribution >= 0.6 is 0 Å². The Labute approximate surface area is 166 Å². The number of hydrogen-bond donors (Lipinski definition) is 2. The average molecular weight is 387 g/mol. The van der Waals surface area contributed by atoms with Gasteiger partial charge < -0.3 is 24.5 Å². The molecule has 0 amide bonds. The fraction of sp³-hybridized carbons (Fsp3) is 0.0952. The first-order valence-corrected chi connectivity index (χ1v) is 9.07. The highest BCUT2D eigenvalue weighted by Gasteiger charge is 2.16. The monoisotopic (exact) mass is 387 g/mol. The quantitative estimate of drug-likeness (QED) is 0.508. The molecule has 144 valence electrons. The number of hydrogen-bond acceptors (Lipinski definition) is 8. The van der Waals surface area contributed by atoms with Crippen LogP contribution in [-0.4, -0.2) is 22.0 Å². The number of para-hydroxylation sites is 1. The van der Waals surface area contributed by atoms with Gasteiger partial charge in [0.1, 0.15) is 0 Å². The van der Waals surface area contributed by atoms with Crippen LogP contribution in [0.5, 0.6) is 11.5 Å². The van der Waals surface area contributed by atoms with Gasteiger partial charge in [-0.1, -0.05) is 23.3 Å². The van der Waals surface area contributed by atoms with E-state index in [0.717, 1.165) is 28.3 Å². The van der Waals surface area contributed by atoms with E-state index in [1.807, 2.05) is 60.8 Å². The standard InChI is InChI=1S/C21H17N5O3/c1-2-6-17(23-12-14-4-3-9-22-11-14)16(5-1)20-25-26-21(29-20)24-15-7-8-18-19(10-15)28-13-27-18/h1-11,23H,12-13H2,(H,24,26). The number of nitrogens with one attached hydrogen (secondary N) is 2. The Hall–Kier alpha value is -4.07. The number of ether oxygens (including phenoxy) is 2. The van der Waals surface area contributed by atoms with E-state index in [1.54, 1.807) is 6.20 Å². The Morgan fingerprint density at radius 2 is 1.86 bits per heavy atom. The first-order valence-electron chi connectivity index (χ1n) is 9.07. The maximum Gasteiger partial charge on any atom is 0.320 e. The van der Waals surface area contributed by atoms with Crippen molar-refractivity contribution in [1.29, 1.82) is 0 Å². The summed E-state index contributed by atoms with van der Waals surface area (Å²) in [5, 5.41) is 14.8. The molecule has 2 aromatic carbocycles. The second kappa shape index (κ2) is 7.51. The first kappa shape index (κ1) is 17.1. The Balaban J connectivity index is 1.34. The van der Waals surface area contributed by atoms with E-state index in [0.29, 0.717) is 24.2 Å². The van der Waals surface area contributed by atoms with E-state index >= 15 is 0 Å². The van der Waals surface area contributed by atoms with Gasteiger partial charge in [0.25, 0.3) is 5.89 Å². The second-order valence-corrected chi connectivity index (χ2v) is 6.37. The van der Waals surface area contributed by atoms with E-state index in [2.05, 4.69) is 25.8 Å². The first-order chi connectivity index (χ1) is 14.3. The third-order valence-electron chi connectivity index (χ3n) is 4.41. The maximum absolute atomic E-state index is 5.83. The number of aromatic nitrogens is 3. The molecule has 4 aromatic rings. The molecule has 0 fully saturated rings. The number of benzene rings is 2. The molecule has 0 bridgehead atoms. The van der Waals surface area contributed by atoms with Gasteiger partial charge in [0, 0.05) is 36.4 Å². The van der Waals surface area contributed by atoms with E-state index in [4.69, 9.17) is 13.9 Å². The number of nitrogens with zero attached hydrogens (tertiary/aromatic N) is 3. The lowest BCUT2D eigenvalue weighted by Gasteiger charge is -2.09. The zero-order chi connectivity index (χ0) is 19.5. The fourth-order valence-corrected chi connectivity index (χ4v) is 3.00. The molecule has 1 aliphatic heterocycles. The highest BCUT2D eigenvalue weighted by molar-refractivity contribution is 5.72. The third kappa shape index (κ3) is 3.68. The van der Waals surface area contributed by atoms with E-state index in [9.17, 15) is 0 Å². The van der Waals surface area contributed by atoms with E-state index in [1.165, 1.54) is 0 Å². The summed E-state index contributed by atoms with van der Waals surface area (Å²) in [5.41, 5.74) is 3.57. The summed E-state index contributed by atoms with van der Waals surface area (Å²) in [5.74, 6) is 1.82. The molecule has 8 nitrogen and oxygen atoms in total. The lowest BCUT2D eigenvalue weighted by atomic mass is 10.1. The van der Waals surface area contributed by atoms with Gasteiger partial charge in [0.2, 0.25) is 6.79 Å². The van der Waals surface area contributed by atoms with Gasteiger partial charge in [0.15, 0.2) is 11.5 Å². The van der Waals surface area contributed by atoms with Crippen LogP contribution in [-0.2, 0) is 6.54 Å². The Morgan fingerprint density at radius 1 is 0.931 bits per heavy atom. The molecule has 2 N–H and O–H groups in total. The maximum atomic E-state index is 5.83. The summed E-state index contributed by atoms with van der Waals surface area (Å²) in [7, 11) is 0. The molecular formula is C21H17N5O3. The minimum absolute atomic E-state index is 0.228. The van der Waals surface area contributed by atoms with Crippen LogP contribution in [0.3, 0.4) is 0 Å². The lowest BCUT2D eigenvalue weighted by molar-refractivity contribution is 0.174. The van der Waals surface area contributed by atoms with Crippen LogP contribution in [0.25, 0.3) is 11.5 Å². The predicted molar refractivity (Wildman–Crippen MR) is 107 cm³/mol. The molecule has 0 radical (unpaired) electrons. The van der Waals surface area contributed by atoms with Gasteiger partial charge in [-0.15, -0.1) is 5.10 Å². The van der Waals surface area contributed by atoms with Crippen molar-refractivity contribution in [2.24, 2.45) is 0 Å². The minimum atomic E-state index is 0.228. The zero-order valence-corrected chi connectivity index (χ0v) is 15.3. The van der Waals surface area contributed by atoms with Gasteiger partial charge >= 0.3 is 6.01 Å². The Kier molecular flexibility index (Phi) is 4.42. The van der Waals surface area contributed by atoms with Crippen LogP contribution < -0.4 is 20.1 Å². The summed E-state index contributed by atoms with van der Waals surface area (Å²) in [6, 6.07) is 17.5. The molecule has 0 spiro atoms. The van der Waals surface area contributed by atoms with Crippen LogP contribution in [0.4, 0.5) is 17.4 Å². The van der Waals surface area contributed by atoms with Crippen molar-refractivity contribution in [2.75, 3.05) is 17.4 Å². The van der Waals surface area contributed by atoms with Crippen molar-refractivity contribution >= 4 is 17.4 Å². The number of pyridine rings is 1. The number of fused-ring (bicyclic) bond motifs is 1. The molecule has 8 heteroatoms. The normalized spacial score (nSPS) is 12.0. The molecule has 0 saturated carbocycles. The SMILES string of the molecule is c1cncc(CNc2ccccc2-c2nnc(Nc3ccc4c(c3)OCO4)o2)c1. The number of rotatable bonds is 6. The van der Waals surface area contributed by atoms with Crippen LogP contribution in [0.15, 0.2) is 71.4 Å². The van der Waals surface area contributed by atoms with Crippen molar-refractivity contribution in [3.8, 4) is 23.0 Å². The summed E-state index contributed by atoms with van der Waals surface area (Å²) in [6.07, 6.45) is 3.58. The second-order valence-electron chi connectivity index (χ2n) is 6.37. The van der Waals surface area contributed by atoms with Crippen molar-refractivity contribution in [3.05, 3.63) is 72.6 Å². The Morgan fingerprint density at radius 3 is 2.79 bits per heavy atom. The van der Waals surface area contributed by atoms with E-state index in [-0.39, 0.29) is 6.79 Å². The molecule has 0 unspecified atom stereocenters. The molecule has 0 saturated heterocycles. The van der Waals surface area contributed by atoms with Gasteiger partial charge in [-0.05, 0) is 35.9 Å². The minimum Gasteiger partial charge on any atom is -0.454 e. The van der Waals surface area contributed by atoms with Gasteiger partial charge in [0.05, 0.1) is 5.56 Å². The van der Waals surface area contributed by atoms with Crippen molar-refractivity contribution in [1.82, 2.24) is 15.2 Å². The number of anilines is 3. The smallest absolute Gasteiger partial charge is 0.320 e. The molecule has 0 aliphatic carbocycles. The molecule has 0 atom stereocenters. The van der Waals surface area contributed by atoms with Gasteiger partial charge in [-0.25, -0.2) is 0 Å². The largest absolute Gasteiger partial charge is 0.454 e. The van der Waals surface area contributed by atoms with Crippen molar-refractivity contribution in [3.63, 3.8) is 0 Å². The average Bonchev–Trinajstić information content (AvgIpc) is 3.42.